The molecule has 2 saturated heterocycles. The van der Waals surface area contributed by atoms with E-state index in [4.69, 9.17) is 28.9 Å². The predicted octanol–water partition coefficient (Wildman–Crippen LogP) is 12.2. The van der Waals surface area contributed by atoms with Crippen LogP contribution in [0.25, 0.3) is 22.5 Å². The highest BCUT2D eigenvalue weighted by molar-refractivity contribution is 7.10. The van der Waals surface area contributed by atoms with Crippen LogP contribution in [-0.4, -0.2) is 87.5 Å². The van der Waals surface area contributed by atoms with Gasteiger partial charge >= 0.3 is 6.09 Å². The molecule has 3 aliphatic heterocycles. The third-order valence-electron chi connectivity index (χ3n) is 13.5. The zero-order chi connectivity index (χ0) is 48.0. The molecule has 12 nitrogen and oxygen atoms in total. The Morgan fingerprint density at radius 2 is 1.55 bits per heavy atom. The van der Waals surface area contributed by atoms with Gasteiger partial charge in [0.2, 0.25) is 11.5 Å². The second-order valence-corrected chi connectivity index (χ2v) is 22.0. The van der Waals surface area contributed by atoms with Crippen molar-refractivity contribution in [2.75, 3.05) is 20.2 Å². The van der Waals surface area contributed by atoms with Crippen LogP contribution < -0.4 is 24.8 Å². The Morgan fingerprint density at radius 1 is 0.899 bits per heavy atom. The minimum atomic E-state index is -0.816. The summed E-state index contributed by atoms with van der Waals surface area (Å²) in [6.45, 7) is 16.5. The van der Waals surface area contributed by atoms with E-state index in [1.807, 2.05) is 75.9 Å². The van der Waals surface area contributed by atoms with Crippen LogP contribution in [0.1, 0.15) is 128 Å². The maximum Gasteiger partial charge on any atom is 0.410 e. The summed E-state index contributed by atoms with van der Waals surface area (Å²) in [5, 5.41) is 13.5. The Morgan fingerprint density at radius 3 is 2.17 bits per heavy atom. The first-order chi connectivity index (χ1) is 32.7. The molecule has 3 fully saturated rings. The largest absolute Gasteiger partial charge is 0.493 e. The summed E-state index contributed by atoms with van der Waals surface area (Å²) >= 11 is 3.27. The van der Waals surface area contributed by atoms with Crippen LogP contribution in [0.2, 0.25) is 0 Å². The third kappa shape index (κ3) is 12.9. The summed E-state index contributed by atoms with van der Waals surface area (Å²) in [4.78, 5) is 40.7. The highest BCUT2D eigenvalue weighted by Crippen LogP contribution is 2.47. The maximum absolute atomic E-state index is 14.1. The van der Waals surface area contributed by atoms with Crippen LogP contribution >= 0.6 is 22.7 Å². The first-order valence-corrected chi connectivity index (χ1v) is 26.3. The van der Waals surface area contributed by atoms with Gasteiger partial charge in [-0.3, -0.25) is 4.79 Å². The molecular formula is C55H74N6O6S2. The predicted molar refractivity (Wildman–Crippen MR) is 278 cm³/mol. The lowest BCUT2D eigenvalue weighted by Gasteiger charge is -2.35. The van der Waals surface area contributed by atoms with Gasteiger partial charge in [0.25, 0.3) is 5.91 Å². The molecule has 4 aliphatic rings. The number of aromatic nitrogens is 2. The van der Waals surface area contributed by atoms with Crippen molar-refractivity contribution in [3.05, 3.63) is 99.1 Å². The van der Waals surface area contributed by atoms with Crippen molar-refractivity contribution < 1.29 is 28.5 Å². The van der Waals surface area contributed by atoms with Crippen LogP contribution in [0.15, 0.2) is 83.6 Å². The molecule has 0 bridgehead atoms. The normalized spacial score (nSPS) is 22.2. The number of likely N-dealkylation sites (tertiary alicyclic amines) is 1. The van der Waals surface area contributed by atoms with E-state index in [1.54, 1.807) is 41.9 Å². The van der Waals surface area contributed by atoms with Crippen molar-refractivity contribution in [2.24, 2.45) is 11.8 Å². The molecule has 0 spiro atoms. The summed E-state index contributed by atoms with van der Waals surface area (Å²) in [6, 6.07) is 25.2. The maximum atomic E-state index is 14.1. The summed E-state index contributed by atoms with van der Waals surface area (Å²) in [6.07, 6.45) is 9.04. The zero-order valence-electron chi connectivity index (χ0n) is 41.1. The van der Waals surface area contributed by atoms with Gasteiger partial charge in [-0.25, -0.2) is 14.8 Å². The summed E-state index contributed by atoms with van der Waals surface area (Å²) in [7, 11) is 1.58. The van der Waals surface area contributed by atoms with Crippen molar-refractivity contribution in [1.29, 1.82) is 0 Å². The molecule has 3 aromatic carbocycles. The number of benzene rings is 3. The van der Waals surface area contributed by atoms with Crippen molar-refractivity contribution >= 4 is 34.7 Å². The number of hydrogen-bond donors (Lipinski definition) is 2. The number of thiazole rings is 2. The van der Waals surface area contributed by atoms with E-state index in [2.05, 4.69) is 64.4 Å². The lowest BCUT2D eigenvalue weighted by molar-refractivity contribution is -0.0439. The second kappa shape index (κ2) is 22.8. The molecule has 5 heterocycles. The zero-order valence-corrected chi connectivity index (χ0v) is 42.7. The number of carbonyl (C=O) groups is 2. The van der Waals surface area contributed by atoms with E-state index in [1.165, 1.54) is 19.3 Å². The molecule has 4 unspecified atom stereocenters. The molecule has 2 aromatic heterocycles. The van der Waals surface area contributed by atoms with Crippen LogP contribution in [0.3, 0.4) is 0 Å². The second-order valence-electron chi connectivity index (χ2n) is 20.1. The Kier molecular flexibility index (Phi) is 17.1. The summed E-state index contributed by atoms with van der Waals surface area (Å²) in [5.74, 6) is 1.89. The molecule has 372 valence electrons. The molecule has 1 saturated carbocycles. The van der Waals surface area contributed by atoms with E-state index < -0.39 is 11.4 Å². The number of carbonyl (C=O) groups excluding carboxylic acids is 2. The van der Waals surface area contributed by atoms with E-state index in [0.717, 1.165) is 77.7 Å². The van der Waals surface area contributed by atoms with Crippen LogP contribution in [0.5, 0.6) is 17.2 Å². The Hall–Kier alpha value is -5.02. The molecule has 5 aromatic rings. The molecular weight excluding hydrogens is 905 g/mol. The van der Waals surface area contributed by atoms with Gasteiger partial charge in [-0.2, -0.15) is 0 Å². The summed E-state index contributed by atoms with van der Waals surface area (Å²) in [5.41, 5.74) is 4.23. The smallest absolute Gasteiger partial charge is 0.410 e. The third-order valence-corrected chi connectivity index (χ3v) is 15.2. The number of methoxy groups -OCH3 is 1. The van der Waals surface area contributed by atoms with Gasteiger partial charge in [0.05, 0.1) is 25.0 Å². The number of rotatable bonds is 14. The molecule has 0 radical (unpaired) electrons. The van der Waals surface area contributed by atoms with Gasteiger partial charge in [0.1, 0.15) is 15.6 Å². The quantitative estimate of drug-likeness (QED) is 0.111. The standard InChI is InChI=1S/C30H37N3O4S.C24H33N3O2S.CH4/c1-6-19-13-22(31-23(19)7-2)16-33(17-27-32-24(18-38-27)20-11-9-8-10-12-20)29(34)21-14-25(35-5)28-26(15-21)36-30(3,4)37-28;1-24(2,3)29-23(28)27-19(13-18-11-7-8-12-21(18)27)14-25-15-22-26-20(16-30-22)17-9-5-4-6-10-17;/h8-12,14-15,18-19,22-23,31H,6-7,13,16-17H2,1-5H3;4-6,9-10,16,18-19,21,25H,7-8,11-15H2,1-3H3;1H4/t19?,22-,23?;18?,19-,21?;/m00./s1. The van der Waals surface area contributed by atoms with Crippen molar-refractivity contribution in [2.45, 2.75) is 156 Å². The number of nitrogens with one attached hydrogen (secondary N) is 2. The highest BCUT2D eigenvalue weighted by atomic mass is 32.1. The van der Waals surface area contributed by atoms with E-state index in [9.17, 15) is 9.59 Å². The van der Waals surface area contributed by atoms with Crippen LogP contribution in [0.4, 0.5) is 4.79 Å². The fraction of sp³-hybridized carbons (Fsp3) is 0.527. The number of hydrogen-bond acceptors (Lipinski definition) is 12. The number of amides is 2. The fourth-order valence-electron chi connectivity index (χ4n) is 10.4. The molecule has 2 amide bonds. The van der Waals surface area contributed by atoms with Gasteiger partial charge in [0.15, 0.2) is 11.5 Å². The fourth-order valence-corrected chi connectivity index (χ4v) is 12.0. The number of ether oxygens (including phenoxy) is 4. The molecule has 69 heavy (non-hydrogen) atoms. The topological polar surface area (TPSA) is 127 Å². The monoisotopic (exact) mass is 979 g/mol. The lowest BCUT2D eigenvalue weighted by Crippen LogP contribution is -2.48. The molecule has 2 N–H and O–H groups in total. The number of fused-ring (bicyclic) bond motifs is 2. The van der Waals surface area contributed by atoms with Crippen molar-refractivity contribution in [3.8, 4) is 39.8 Å². The lowest BCUT2D eigenvalue weighted by atomic mass is 9.85. The molecule has 14 heteroatoms. The minimum absolute atomic E-state index is 0. The Bertz CT molecular complexity index is 2440. The highest BCUT2D eigenvalue weighted by Gasteiger charge is 2.46. The summed E-state index contributed by atoms with van der Waals surface area (Å²) < 4.78 is 23.2. The van der Waals surface area contributed by atoms with Gasteiger partial charge < -0.3 is 39.4 Å². The number of nitrogens with zero attached hydrogens (tertiary/aromatic N) is 4. The Balaban J connectivity index is 0.000000206. The first-order valence-electron chi connectivity index (χ1n) is 24.6. The van der Waals surface area contributed by atoms with E-state index in [-0.39, 0.29) is 31.5 Å². The first kappa shape index (κ1) is 51.8. The minimum Gasteiger partial charge on any atom is -0.493 e. The van der Waals surface area contributed by atoms with E-state index >= 15 is 0 Å². The molecule has 1 aliphatic carbocycles. The van der Waals surface area contributed by atoms with Crippen LogP contribution in [-0.2, 0) is 17.8 Å². The average Bonchev–Trinajstić information content (AvgIpc) is 4.18. The average molecular weight is 979 g/mol. The van der Waals surface area contributed by atoms with Crippen molar-refractivity contribution in [3.63, 3.8) is 0 Å². The molecule has 6 atom stereocenters. The van der Waals surface area contributed by atoms with Crippen LogP contribution in [0, 0.1) is 11.8 Å². The van der Waals surface area contributed by atoms with Gasteiger partial charge in [-0.15, -0.1) is 22.7 Å². The van der Waals surface area contributed by atoms with Gasteiger partial charge in [-0.05, 0) is 76.8 Å². The van der Waals surface area contributed by atoms with Crippen molar-refractivity contribution in [1.82, 2.24) is 30.4 Å². The SMILES string of the molecule is C.CC(C)(C)OC(=O)N1C2CCCCC2C[C@H]1CNCc1nc(-c2ccccc2)cs1.CCC1C[C@@H](CN(Cc2nc(-c3ccccc3)cs2)C(=O)c2cc(OC)c3c(c2)OC(C)(C)O3)NC1CC. The van der Waals surface area contributed by atoms with Gasteiger partial charge in [0, 0.05) is 85.1 Å². The Labute approximate surface area is 418 Å². The van der Waals surface area contributed by atoms with E-state index in [0.29, 0.717) is 59.8 Å². The molecule has 9 rings (SSSR count). The van der Waals surface area contributed by atoms with Gasteiger partial charge in [-0.1, -0.05) is 101 Å².